The number of carbonyl (C=O) groups excluding carboxylic acids is 1. The van der Waals surface area contributed by atoms with Gasteiger partial charge in [0.25, 0.3) is 0 Å². The summed E-state index contributed by atoms with van der Waals surface area (Å²) in [5, 5.41) is 6.54. The zero-order valence-corrected chi connectivity index (χ0v) is 13.8. The molecular formula is C20H24N2O. The summed E-state index contributed by atoms with van der Waals surface area (Å²) in [5.41, 5.74) is 3.63. The minimum absolute atomic E-state index is 0.0103. The first-order valence-electron chi connectivity index (χ1n) is 8.28. The predicted octanol–water partition coefficient (Wildman–Crippen LogP) is 3.18. The monoisotopic (exact) mass is 308 g/mol. The summed E-state index contributed by atoms with van der Waals surface area (Å²) < 4.78 is 0. The van der Waals surface area contributed by atoms with E-state index in [1.807, 2.05) is 25.1 Å². The van der Waals surface area contributed by atoms with Crippen LogP contribution < -0.4 is 10.6 Å². The van der Waals surface area contributed by atoms with Gasteiger partial charge in [-0.05, 0) is 25.0 Å². The molecule has 1 amide bonds. The van der Waals surface area contributed by atoms with Crippen molar-refractivity contribution < 1.29 is 4.79 Å². The molecular weight excluding hydrogens is 284 g/mol. The second kappa shape index (κ2) is 6.97. The van der Waals surface area contributed by atoms with Gasteiger partial charge >= 0.3 is 0 Å². The molecule has 1 fully saturated rings. The van der Waals surface area contributed by atoms with E-state index < -0.39 is 0 Å². The van der Waals surface area contributed by atoms with Gasteiger partial charge in [0.15, 0.2) is 0 Å². The van der Waals surface area contributed by atoms with Crippen molar-refractivity contribution in [1.29, 1.82) is 0 Å². The van der Waals surface area contributed by atoms with E-state index in [-0.39, 0.29) is 23.8 Å². The van der Waals surface area contributed by atoms with E-state index in [0.717, 1.165) is 18.7 Å². The lowest BCUT2D eigenvalue weighted by molar-refractivity contribution is -0.125. The number of hydrogen-bond donors (Lipinski definition) is 2. The third kappa shape index (κ3) is 3.62. The number of hydrogen-bond acceptors (Lipinski definition) is 2. The van der Waals surface area contributed by atoms with Gasteiger partial charge in [0.05, 0.1) is 12.0 Å². The van der Waals surface area contributed by atoms with Crippen LogP contribution >= 0.6 is 0 Å². The van der Waals surface area contributed by atoms with Crippen molar-refractivity contribution in [2.45, 2.75) is 25.8 Å². The Labute approximate surface area is 138 Å². The van der Waals surface area contributed by atoms with E-state index in [1.165, 1.54) is 11.1 Å². The zero-order chi connectivity index (χ0) is 16.2. The molecule has 0 saturated carbocycles. The molecule has 120 valence electrons. The van der Waals surface area contributed by atoms with Crippen LogP contribution in [0.25, 0.3) is 0 Å². The molecule has 23 heavy (non-hydrogen) atoms. The lowest BCUT2D eigenvalue weighted by Gasteiger charge is -2.22. The third-order valence-electron chi connectivity index (χ3n) is 4.71. The second-order valence-electron chi connectivity index (χ2n) is 6.42. The van der Waals surface area contributed by atoms with Crippen molar-refractivity contribution in [3.05, 3.63) is 71.3 Å². The number of amides is 1. The highest BCUT2D eigenvalue weighted by Crippen LogP contribution is 2.29. The zero-order valence-electron chi connectivity index (χ0n) is 13.8. The normalized spacial score (nSPS) is 21.8. The van der Waals surface area contributed by atoms with Gasteiger partial charge in [0.1, 0.15) is 0 Å². The second-order valence-corrected chi connectivity index (χ2v) is 6.42. The maximum atomic E-state index is 12.7. The van der Waals surface area contributed by atoms with E-state index >= 15 is 0 Å². The van der Waals surface area contributed by atoms with Crippen LogP contribution in [-0.2, 0) is 4.79 Å². The molecule has 1 heterocycles. The lowest BCUT2D eigenvalue weighted by atomic mass is 9.87. The highest BCUT2D eigenvalue weighted by atomic mass is 16.2. The average Bonchev–Trinajstić information content (AvgIpc) is 3.06. The first kappa shape index (κ1) is 15.8. The molecule has 0 aliphatic carbocycles. The maximum Gasteiger partial charge on any atom is 0.225 e. The van der Waals surface area contributed by atoms with Gasteiger partial charge in [0.2, 0.25) is 5.91 Å². The van der Waals surface area contributed by atoms with Crippen LogP contribution in [-0.4, -0.2) is 19.0 Å². The number of rotatable bonds is 4. The van der Waals surface area contributed by atoms with Crippen LogP contribution in [0.5, 0.6) is 0 Å². The molecule has 0 unspecified atom stereocenters. The SMILES string of the molecule is Cc1ccc([C@@H]2CNC[C@H]2C(=O)N[C@@H](C)c2ccccc2)cc1. The highest BCUT2D eigenvalue weighted by Gasteiger charge is 2.34. The molecule has 0 radical (unpaired) electrons. The minimum atomic E-state index is -0.0103. The van der Waals surface area contributed by atoms with Crippen LogP contribution in [0.15, 0.2) is 54.6 Å². The number of carbonyl (C=O) groups is 1. The van der Waals surface area contributed by atoms with E-state index in [2.05, 4.69) is 54.0 Å². The van der Waals surface area contributed by atoms with E-state index in [4.69, 9.17) is 0 Å². The van der Waals surface area contributed by atoms with Crippen LogP contribution in [0.4, 0.5) is 0 Å². The fourth-order valence-electron chi connectivity index (χ4n) is 3.26. The van der Waals surface area contributed by atoms with Crippen molar-refractivity contribution in [2.24, 2.45) is 5.92 Å². The van der Waals surface area contributed by atoms with Gasteiger partial charge < -0.3 is 10.6 Å². The fourth-order valence-corrected chi connectivity index (χ4v) is 3.26. The Morgan fingerprint density at radius 1 is 1.09 bits per heavy atom. The Balaban J connectivity index is 1.69. The summed E-state index contributed by atoms with van der Waals surface area (Å²) in [6.45, 7) is 5.73. The molecule has 0 aromatic heterocycles. The van der Waals surface area contributed by atoms with E-state index in [9.17, 15) is 4.79 Å². The molecule has 3 nitrogen and oxygen atoms in total. The lowest BCUT2D eigenvalue weighted by Crippen LogP contribution is -2.36. The van der Waals surface area contributed by atoms with Gasteiger partial charge in [-0.15, -0.1) is 0 Å². The summed E-state index contributed by atoms with van der Waals surface area (Å²) in [5.74, 6) is 0.374. The van der Waals surface area contributed by atoms with Crippen molar-refractivity contribution in [1.82, 2.24) is 10.6 Å². The largest absolute Gasteiger partial charge is 0.349 e. The molecule has 0 spiro atoms. The Bertz CT molecular complexity index is 651. The van der Waals surface area contributed by atoms with Crippen LogP contribution in [0.2, 0.25) is 0 Å². The van der Waals surface area contributed by atoms with Gasteiger partial charge in [0, 0.05) is 19.0 Å². The molecule has 2 aromatic carbocycles. The summed E-state index contributed by atoms with van der Waals surface area (Å²) >= 11 is 0. The molecule has 3 heteroatoms. The summed E-state index contributed by atoms with van der Waals surface area (Å²) in [7, 11) is 0. The Hall–Kier alpha value is -2.13. The molecule has 1 aliphatic heterocycles. The fraction of sp³-hybridized carbons (Fsp3) is 0.350. The maximum absolute atomic E-state index is 12.7. The highest BCUT2D eigenvalue weighted by molar-refractivity contribution is 5.81. The number of benzene rings is 2. The van der Waals surface area contributed by atoms with Crippen LogP contribution in [0.3, 0.4) is 0 Å². The molecule has 3 atom stereocenters. The Morgan fingerprint density at radius 3 is 2.48 bits per heavy atom. The first-order valence-corrected chi connectivity index (χ1v) is 8.28. The third-order valence-corrected chi connectivity index (χ3v) is 4.71. The van der Waals surface area contributed by atoms with E-state index in [0.29, 0.717) is 0 Å². The molecule has 0 bridgehead atoms. The van der Waals surface area contributed by atoms with Crippen LogP contribution in [0, 0.1) is 12.8 Å². The van der Waals surface area contributed by atoms with Crippen molar-refractivity contribution in [2.75, 3.05) is 13.1 Å². The molecule has 1 aliphatic rings. The standard InChI is InChI=1S/C20H24N2O/c1-14-8-10-17(11-9-14)18-12-21-13-19(18)20(23)22-15(2)16-6-4-3-5-7-16/h3-11,15,18-19,21H,12-13H2,1-2H3,(H,22,23)/t15-,18-,19+/m0/s1. The van der Waals surface area contributed by atoms with Gasteiger partial charge in [-0.3, -0.25) is 4.79 Å². The topological polar surface area (TPSA) is 41.1 Å². The van der Waals surface area contributed by atoms with E-state index in [1.54, 1.807) is 0 Å². The average molecular weight is 308 g/mol. The summed E-state index contributed by atoms with van der Waals surface area (Å²) in [6, 6.07) is 18.7. The van der Waals surface area contributed by atoms with Crippen molar-refractivity contribution >= 4 is 5.91 Å². The molecule has 3 rings (SSSR count). The Kier molecular flexibility index (Phi) is 4.77. The quantitative estimate of drug-likeness (QED) is 0.911. The smallest absolute Gasteiger partial charge is 0.225 e. The summed E-state index contributed by atoms with van der Waals surface area (Å²) in [6.07, 6.45) is 0. The predicted molar refractivity (Wildman–Crippen MR) is 93.3 cm³/mol. The first-order chi connectivity index (χ1) is 11.1. The minimum Gasteiger partial charge on any atom is -0.349 e. The Morgan fingerprint density at radius 2 is 1.78 bits per heavy atom. The molecule has 2 aromatic rings. The van der Waals surface area contributed by atoms with Gasteiger partial charge in [-0.2, -0.15) is 0 Å². The molecule has 1 saturated heterocycles. The van der Waals surface area contributed by atoms with Gasteiger partial charge in [-0.1, -0.05) is 60.2 Å². The number of aryl methyl sites for hydroxylation is 1. The van der Waals surface area contributed by atoms with Crippen molar-refractivity contribution in [3.63, 3.8) is 0 Å². The number of nitrogens with one attached hydrogen (secondary N) is 2. The van der Waals surface area contributed by atoms with Crippen molar-refractivity contribution in [3.8, 4) is 0 Å². The molecule has 2 N–H and O–H groups in total. The van der Waals surface area contributed by atoms with Crippen LogP contribution in [0.1, 0.15) is 35.6 Å². The summed E-state index contributed by atoms with van der Waals surface area (Å²) in [4.78, 5) is 12.7. The van der Waals surface area contributed by atoms with Gasteiger partial charge in [-0.25, -0.2) is 0 Å².